The maximum absolute atomic E-state index is 4.36. The van der Waals surface area contributed by atoms with E-state index < -0.39 is 0 Å². The van der Waals surface area contributed by atoms with Gasteiger partial charge >= 0.3 is 0 Å². The number of imidazole rings is 1. The molecule has 0 spiro atoms. The molecule has 1 aliphatic heterocycles. The van der Waals surface area contributed by atoms with Crippen molar-refractivity contribution in [1.82, 2.24) is 14.9 Å². The highest BCUT2D eigenvalue weighted by atomic mass is 15.1. The van der Waals surface area contributed by atoms with Gasteiger partial charge in [-0.1, -0.05) is 36.8 Å². The Morgan fingerprint density at radius 2 is 1.90 bits per heavy atom. The Labute approximate surface area is 121 Å². The average molecular weight is 269 g/mol. The third-order valence-corrected chi connectivity index (χ3v) is 4.42. The van der Waals surface area contributed by atoms with Gasteiger partial charge in [-0.05, 0) is 43.8 Å². The Morgan fingerprint density at radius 3 is 2.60 bits per heavy atom. The van der Waals surface area contributed by atoms with Gasteiger partial charge in [0.25, 0.3) is 0 Å². The summed E-state index contributed by atoms with van der Waals surface area (Å²) in [5.41, 5.74) is 4.16. The van der Waals surface area contributed by atoms with E-state index in [0.29, 0.717) is 5.41 Å². The number of aryl methyl sites for hydroxylation is 1. The normalized spacial score (nSPS) is 18.1. The van der Waals surface area contributed by atoms with Crippen LogP contribution in [-0.4, -0.2) is 22.6 Å². The van der Waals surface area contributed by atoms with Crippen LogP contribution in [0, 0.1) is 12.3 Å². The fourth-order valence-electron chi connectivity index (χ4n) is 3.01. The van der Waals surface area contributed by atoms with Crippen LogP contribution in [0.3, 0.4) is 0 Å². The minimum atomic E-state index is 0.380. The molecule has 1 aromatic heterocycles. The molecule has 0 saturated carbocycles. The van der Waals surface area contributed by atoms with Crippen molar-refractivity contribution in [2.45, 2.75) is 33.2 Å². The Morgan fingerprint density at radius 1 is 1.20 bits per heavy atom. The Hall–Kier alpha value is -1.61. The maximum atomic E-state index is 4.36. The van der Waals surface area contributed by atoms with Crippen LogP contribution >= 0.6 is 0 Å². The van der Waals surface area contributed by atoms with Gasteiger partial charge in [0, 0.05) is 6.54 Å². The molecule has 3 heteroatoms. The van der Waals surface area contributed by atoms with Crippen LogP contribution in [-0.2, 0) is 6.54 Å². The molecule has 1 saturated heterocycles. The summed E-state index contributed by atoms with van der Waals surface area (Å²) in [7, 11) is 0. The number of rotatable bonds is 3. The van der Waals surface area contributed by atoms with Crippen molar-refractivity contribution in [3.8, 4) is 11.3 Å². The number of nitrogens with one attached hydrogen (secondary N) is 1. The highest BCUT2D eigenvalue weighted by Crippen LogP contribution is 2.32. The van der Waals surface area contributed by atoms with Crippen LogP contribution in [0.5, 0.6) is 0 Å². The van der Waals surface area contributed by atoms with Gasteiger partial charge in [-0.15, -0.1) is 0 Å². The van der Waals surface area contributed by atoms with Crippen molar-refractivity contribution >= 4 is 0 Å². The molecule has 0 bridgehead atoms. The van der Waals surface area contributed by atoms with Crippen LogP contribution in [0.1, 0.15) is 25.3 Å². The summed E-state index contributed by atoms with van der Waals surface area (Å²) in [5.74, 6) is 0. The summed E-state index contributed by atoms with van der Waals surface area (Å²) in [4.78, 5) is 4.36. The van der Waals surface area contributed by atoms with E-state index in [0.717, 1.165) is 19.6 Å². The van der Waals surface area contributed by atoms with Gasteiger partial charge in [0.15, 0.2) is 0 Å². The maximum Gasteiger partial charge on any atom is 0.0951 e. The second-order valence-corrected chi connectivity index (χ2v) is 6.33. The molecule has 106 valence electrons. The number of piperidine rings is 1. The molecule has 3 nitrogen and oxygen atoms in total. The van der Waals surface area contributed by atoms with E-state index in [-0.39, 0.29) is 0 Å². The van der Waals surface area contributed by atoms with Crippen molar-refractivity contribution in [1.29, 1.82) is 0 Å². The van der Waals surface area contributed by atoms with Gasteiger partial charge in [-0.25, -0.2) is 4.98 Å². The first-order valence-electron chi connectivity index (χ1n) is 7.44. The van der Waals surface area contributed by atoms with Gasteiger partial charge in [-0.3, -0.25) is 0 Å². The lowest BCUT2D eigenvalue weighted by atomic mass is 9.81. The highest BCUT2D eigenvalue weighted by Gasteiger charge is 2.27. The topological polar surface area (TPSA) is 29.9 Å². The van der Waals surface area contributed by atoms with E-state index in [1.165, 1.54) is 29.7 Å². The quantitative estimate of drug-likeness (QED) is 0.927. The molecular weight excluding hydrogens is 246 g/mol. The zero-order chi connectivity index (χ0) is 14.0. The Kier molecular flexibility index (Phi) is 3.62. The monoisotopic (exact) mass is 269 g/mol. The van der Waals surface area contributed by atoms with Crippen LogP contribution in [0.15, 0.2) is 36.8 Å². The fourth-order valence-corrected chi connectivity index (χ4v) is 3.01. The van der Waals surface area contributed by atoms with E-state index in [1.807, 2.05) is 12.5 Å². The zero-order valence-electron chi connectivity index (χ0n) is 12.4. The molecule has 0 unspecified atom stereocenters. The lowest BCUT2D eigenvalue weighted by Crippen LogP contribution is -2.37. The lowest BCUT2D eigenvalue weighted by Gasteiger charge is -2.34. The molecule has 0 radical (unpaired) electrons. The summed E-state index contributed by atoms with van der Waals surface area (Å²) in [5, 5.41) is 3.45. The third-order valence-electron chi connectivity index (χ3n) is 4.42. The lowest BCUT2D eigenvalue weighted by molar-refractivity contribution is 0.195. The van der Waals surface area contributed by atoms with Crippen LogP contribution < -0.4 is 5.32 Å². The molecule has 2 heterocycles. The predicted octanol–water partition coefficient (Wildman–Crippen LogP) is 3.25. The van der Waals surface area contributed by atoms with Gasteiger partial charge in [0.1, 0.15) is 0 Å². The second kappa shape index (κ2) is 5.41. The van der Waals surface area contributed by atoms with Crippen LogP contribution in [0.25, 0.3) is 11.3 Å². The fraction of sp³-hybridized carbons (Fsp3) is 0.471. The summed E-state index contributed by atoms with van der Waals surface area (Å²) in [6, 6.07) is 8.71. The molecule has 0 atom stereocenters. The van der Waals surface area contributed by atoms with E-state index in [4.69, 9.17) is 0 Å². The van der Waals surface area contributed by atoms with Crippen LogP contribution in [0.4, 0.5) is 0 Å². The van der Waals surface area contributed by atoms with Gasteiger partial charge in [0.05, 0.1) is 18.2 Å². The Balaban J connectivity index is 1.84. The summed E-state index contributed by atoms with van der Waals surface area (Å²) >= 11 is 0. The van der Waals surface area contributed by atoms with E-state index in [2.05, 4.69) is 53.0 Å². The summed E-state index contributed by atoms with van der Waals surface area (Å²) < 4.78 is 2.32. The molecule has 0 aliphatic carbocycles. The molecule has 20 heavy (non-hydrogen) atoms. The van der Waals surface area contributed by atoms with E-state index in [1.54, 1.807) is 0 Å². The van der Waals surface area contributed by atoms with Crippen molar-refractivity contribution in [3.63, 3.8) is 0 Å². The van der Waals surface area contributed by atoms with E-state index >= 15 is 0 Å². The number of benzene rings is 1. The minimum Gasteiger partial charge on any atom is -0.330 e. The van der Waals surface area contributed by atoms with E-state index in [9.17, 15) is 0 Å². The smallest absolute Gasteiger partial charge is 0.0951 e. The molecule has 1 aromatic carbocycles. The summed E-state index contributed by atoms with van der Waals surface area (Å²) in [6.07, 6.45) is 6.43. The zero-order valence-corrected chi connectivity index (χ0v) is 12.4. The van der Waals surface area contributed by atoms with Gasteiger partial charge in [-0.2, -0.15) is 0 Å². The van der Waals surface area contributed by atoms with Crippen molar-refractivity contribution in [2.24, 2.45) is 5.41 Å². The average Bonchev–Trinajstić information content (AvgIpc) is 2.88. The molecule has 0 amide bonds. The number of hydrogen-bond acceptors (Lipinski definition) is 2. The first-order chi connectivity index (χ1) is 9.66. The Bertz CT molecular complexity index is 562. The SMILES string of the molecule is Cc1ccc(-c2cncn2CC2(C)CCNCC2)cc1. The largest absolute Gasteiger partial charge is 0.330 e. The first kappa shape index (κ1) is 13.4. The second-order valence-electron chi connectivity index (χ2n) is 6.33. The molecule has 3 rings (SSSR count). The molecule has 1 N–H and O–H groups in total. The van der Waals surface area contributed by atoms with Gasteiger partial charge < -0.3 is 9.88 Å². The minimum absolute atomic E-state index is 0.380. The standard InChI is InChI=1S/C17H23N3/c1-14-3-5-15(6-4-14)16-11-19-13-20(16)12-17(2)7-9-18-10-8-17/h3-6,11,13,18H,7-10,12H2,1-2H3. The summed E-state index contributed by atoms with van der Waals surface area (Å²) in [6.45, 7) is 7.83. The molecule has 1 fully saturated rings. The highest BCUT2D eigenvalue weighted by molar-refractivity contribution is 5.59. The molecular formula is C17H23N3. The molecule has 1 aliphatic rings. The van der Waals surface area contributed by atoms with Crippen molar-refractivity contribution < 1.29 is 0 Å². The number of hydrogen-bond donors (Lipinski definition) is 1. The van der Waals surface area contributed by atoms with Gasteiger partial charge in [0.2, 0.25) is 0 Å². The van der Waals surface area contributed by atoms with Crippen LogP contribution in [0.2, 0.25) is 0 Å². The number of aromatic nitrogens is 2. The third kappa shape index (κ3) is 2.78. The molecule has 2 aromatic rings. The number of nitrogens with zero attached hydrogens (tertiary/aromatic N) is 2. The first-order valence-corrected chi connectivity index (χ1v) is 7.44. The van der Waals surface area contributed by atoms with Crippen molar-refractivity contribution in [3.05, 3.63) is 42.4 Å². The van der Waals surface area contributed by atoms with Crippen molar-refractivity contribution in [2.75, 3.05) is 13.1 Å². The predicted molar refractivity (Wildman–Crippen MR) is 82.6 cm³/mol.